The van der Waals surface area contributed by atoms with Crippen molar-refractivity contribution in [3.63, 3.8) is 0 Å². The van der Waals surface area contributed by atoms with E-state index in [-0.39, 0.29) is 76.9 Å². The fourth-order valence-corrected chi connectivity index (χ4v) is 6.47. The van der Waals surface area contributed by atoms with Gasteiger partial charge in [-0.25, -0.2) is 4.79 Å². The lowest BCUT2D eigenvalue weighted by Gasteiger charge is -2.38. The summed E-state index contributed by atoms with van der Waals surface area (Å²) in [4.78, 5) is 99.6. The Balaban J connectivity index is 1.32. The molecule has 0 unspecified atom stereocenters. The Kier molecular flexibility index (Phi) is 25.9. The van der Waals surface area contributed by atoms with Gasteiger partial charge >= 0.3 is 6.09 Å². The van der Waals surface area contributed by atoms with Crippen molar-refractivity contribution in [3.05, 3.63) is 35.9 Å². The van der Waals surface area contributed by atoms with Gasteiger partial charge in [-0.2, -0.15) is 0 Å². The number of benzene rings is 1. The van der Waals surface area contributed by atoms with Crippen LogP contribution in [-0.2, 0) is 63.9 Å². The number of Topliss-reactive ketones (excluding diaryl/α,β-unsaturated/α-hetero) is 1. The molecular formula is C42H64N6O19. The monoisotopic (exact) mass is 956 g/mol. The molecule has 25 heteroatoms. The molecule has 1 aromatic carbocycles. The normalized spacial score (nSPS) is 23.6. The average Bonchev–Trinajstić information content (AvgIpc) is 3.32. The van der Waals surface area contributed by atoms with Gasteiger partial charge < -0.3 is 90.6 Å². The highest BCUT2D eigenvalue weighted by Crippen LogP contribution is 2.21. The minimum atomic E-state index is -1.78. The van der Waals surface area contributed by atoms with Crippen LogP contribution in [0, 0.1) is 0 Å². The fourth-order valence-electron chi connectivity index (χ4n) is 6.47. The SMILES string of the molecule is O=C[C@H]1O[C@H](OCCNC(=O)CCCCCNC(=O)CN(CC(=O)NCCCCCC(=O)NCCO[C@H]2O[C@H](CO)[C@@H](O)[C@H](O)C2=O)C(=O)CNC(=O)OCc2ccccc2)[C@@H](O)[C@@H](O)[C@@H]1O. The summed E-state index contributed by atoms with van der Waals surface area (Å²) in [6.07, 6.45) is -11.1. The Morgan fingerprint density at radius 1 is 0.657 bits per heavy atom. The fraction of sp³-hybridized carbons (Fsp3) is 0.667. The van der Waals surface area contributed by atoms with Gasteiger partial charge in [0.1, 0.15) is 69.0 Å². The number of rotatable bonds is 30. The third-order valence-corrected chi connectivity index (χ3v) is 10.3. The zero-order valence-electron chi connectivity index (χ0n) is 37.0. The summed E-state index contributed by atoms with van der Waals surface area (Å²) >= 11 is 0. The molecule has 0 aliphatic carbocycles. The van der Waals surface area contributed by atoms with E-state index in [1.807, 2.05) is 0 Å². The van der Waals surface area contributed by atoms with Crippen LogP contribution in [0.4, 0.5) is 4.79 Å². The third-order valence-electron chi connectivity index (χ3n) is 10.3. The highest BCUT2D eigenvalue weighted by molar-refractivity contribution is 5.91. The predicted octanol–water partition coefficient (Wildman–Crippen LogP) is -4.63. The van der Waals surface area contributed by atoms with Gasteiger partial charge in [-0.3, -0.25) is 28.8 Å². The van der Waals surface area contributed by atoms with Gasteiger partial charge in [-0.15, -0.1) is 0 Å². The van der Waals surface area contributed by atoms with E-state index in [1.165, 1.54) is 0 Å². The Labute approximate surface area is 386 Å². The second-order valence-corrected chi connectivity index (χ2v) is 15.5. The number of ketones is 1. The third kappa shape index (κ3) is 20.7. The largest absolute Gasteiger partial charge is 0.445 e. The van der Waals surface area contributed by atoms with Crippen LogP contribution in [0.1, 0.15) is 56.9 Å². The van der Waals surface area contributed by atoms with Gasteiger partial charge in [0.15, 0.2) is 12.6 Å². The minimum Gasteiger partial charge on any atom is -0.445 e. The van der Waals surface area contributed by atoms with Crippen LogP contribution < -0.4 is 26.6 Å². The maximum absolute atomic E-state index is 13.1. The molecule has 1 aromatic rings. The van der Waals surface area contributed by atoms with Crippen LogP contribution in [0.15, 0.2) is 30.3 Å². The van der Waals surface area contributed by atoms with Crippen LogP contribution in [0.2, 0.25) is 0 Å². The molecule has 6 amide bonds. The van der Waals surface area contributed by atoms with E-state index in [0.29, 0.717) is 38.5 Å². The second-order valence-electron chi connectivity index (χ2n) is 15.5. The Morgan fingerprint density at radius 3 is 1.79 bits per heavy atom. The maximum atomic E-state index is 13.1. The summed E-state index contributed by atoms with van der Waals surface area (Å²) in [6.45, 7) is -2.09. The standard InChI is InChI=1S/C42H64N6O19/c49-23-27-34(56)36(58)38(60)40(66-27)63-18-16-45-29(51)12-6-2-8-14-43-31(53)21-48(33(55)20-47-42(62)65-25-26-10-4-1-5-11-26)22-32(54)44-15-9-3-7-13-30(52)46-17-19-64-41-39(61)37(59)35(57)28(24-50)67-41/h1,4-5,10-11,23,27-28,34-38,40-41,50,56-60H,2-3,6-9,12-22,24-25H2,(H,43,53)(H,44,54)(H,45,51)(H,46,52)(H,47,62)/t27-,28-,34-,35-,36+,37+,38+,40+,41+/m1/s1. The number of hydrogen-bond donors (Lipinski definition) is 11. The highest BCUT2D eigenvalue weighted by Gasteiger charge is 2.45. The number of alkyl carbamates (subject to hydrolysis) is 1. The number of aliphatic hydroxyl groups excluding tert-OH is 6. The molecule has 2 fully saturated rings. The van der Waals surface area contributed by atoms with Crippen molar-refractivity contribution in [2.75, 3.05) is 65.6 Å². The molecule has 67 heavy (non-hydrogen) atoms. The van der Waals surface area contributed by atoms with Crippen molar-refractivity contribution in [3.8, 4) is 0 Å². The number of ether oxygens (including phenoxy) is 5. The summed E-state index contributed by atoms with van der Waals surface area (Å²) < 4.78 is 25.9. The molecule has 11 N–H and O–H groups in total. The van der Waals surface area contributed by atoms with Gasteiger partial charge in [0.05, 0.1) is 19.8 Å². The van der Waals surface area contributed by atoms with E-state index in [4.69, 9.17) is 23.7 Å². The molecule has 2 heterocycles. The summed E-state index contributed by atoms with van der Waals surface area (Å²) in [6, 6.07) is 8.83. The number of aliphatic hydroxyl groups is 6. The molecule has 3 rings (SSSR count). The molecule has 0 saturated carbocycles. The number of nitrogens with zero attached hydrogens (tertiary/aromatic N) is 1. The van der Waals surface area contributed by atoms with Crippen molar-refractivity contribution in [1.29, 1.82) is 0 Å². The summed E-state index contributed by atoms with van der Waals surface area (Å²) in [5, 5.41) is 71.3. The number of carbonyl (C=O) groups is 8. The number of aldehydes is 1. The van der Waals surface area contributed by atoms with Gasteiger partial charge in [0.2, 0.25) is 41.6 Å². The second kappa shape index (κ2) is 30.9. The number of carbonyl (C=O) groups excluding carboxylic acids is 8. The van der Waals surface area contributed by atoms with Crippen LogP contribution in [0.5, 0.6) is 0 Å². The van der Waals surface area contributed by atoms with E-state index < -0.39 is 111 Å². The van der Waals surface area contributed by atoms with Crippen LogP contribution in [0.3, 0.4) is 0 Å². The van der Waals surface area contributed by atoms with E-state index in [1.54, 1.807) is 30.3 Å². The molecule has 9 atom stereocenters. The van der Waals surface area contributed by atoms with Crippen molar-refractivity contribution in [2.45, 2.75) is 113 Å². The van der Waals surface area contributed by atoms with E-state index in [9.17, 15) is 69.0 Å². The molecule has 0 radical (unpaired) electrons. The quantitative estimate of drug-likeness (QED) is 0.0255. The first kappa shape index (κ1) is 56.1. The van der Waals surface area contributed by atoms with Gasteiger partial charge in [0, 0.05) is 39.0 Å². The Bertz CT molecular complexity index is 1730. The van der Waals surface area contributed by atoms with Crippen LogP contribution >= 0.6 is 0 Å². The van der Waals surface area contributed by atoms with E-state index >= 15 is 0 Å². The first-order valence-corrected chi connectivity index (χ1v) is 22.0. The molecule has 0 bridgehead atoms. The predicted molar refractivity (Wildman–Crippen MR) is 228 cm³/mol. The molecule has 2 aliphatic heterocycles. The van der Waals surface area contributed by atoms with Crippen molar-refractivity contribution in [1.82, 2.24) is 31.5 Å². The minimum absolute atomic E-state index is 0.0162. The summed E-state index contributed by atoms with van der Waals surface area (Å²) in [5.41, 5.74) is 0.719. The number of amides is 6. The molecule has 2 saturated heterocycles. The molecule has 25 nitrogen and oxygen atoms in total. The molecular weight excluding hydrogens is 892 g/mol. The van der Waals surface area contributed by atoms with E-state index in [2.05, 4.69) is 26.6 Å². The smallest absolute Gasteiger partial charge is 0.407 e. The lowest BCUT2D eigenvalue weighted by atomic mass is 10.00. The molecule has 2 aliphatic rings. The number of hydrogen-bond acceptors (Lipinski definition) is 19. The zero-order valence-corrected chi connectivity index (χ0v) is 37.0. The molecule has 0 spiro atoms. The number of unbranched alkanes of at least 4 members (excludes halogenated alkanes) is 4. The first-order chi connectivity index (χ1) is 32.1. The zero-order chi connectivity index (χ0) is 49.1. The Morgan fingerprint density at radius 2 is 1.22 bits per heavy atom. The van der Waals surface area contributed by atoms with Crippen LogP contribution in [-0.4, -0.2) is 204 Å². The van der Waals surface area contributed by atoms with Crippen LogP contribution in [0.25, 0.3) is 0 Å². The maximum Gasteiger partial charge on any atom is 0.407 e. The molecule has 0 aromatic heterocycles. The van der Waals surface area contributed by atoms with Gasteiger partial charge in [0.25, 0.3) is 0 Å². The van der Waals surface area contributed by atoms with Crippen molar-refractivity contribution >= 4 is 47.7 Å². The summed E-state index contributed by atoms with van der Waals surface area (Å²) in [5.74, 6) is -3.40. The first-order valence-electron chi connectivity index (χ1n) is 22.0. The summed E-state index contributed by atoms with van der Waals surface area (Å²) in [7, 11) is 0. The van der Waals surface area contributed by atoms with Gasteiger partial charge in [-0.05, 0) is 31.2 Å². The highest BCUT2D eigenvalue weighted by atomic mass is 16.7. The topological polar surface area (TPSA) is 367 Å². The average molecular weight is 957 g/mol. The Hall–Kier alpha value is -5.22. The lowest BCUT2D eigenvalue weighted by molar-refractivity contribution is -0.287. The van der Waals surface area contributed by atoms with Crippen molar-refractivity contribution in [2.24, 2.45) is 0 Å². The molecule has 376 valence electrons. The lowest BCUT2D eigenvalue weighted by Crippen LogP contribution is -2.58. The van der Waals surface area contributed by atoms with Crippen molar-refractivity contribution < 1.29 is 92.7 Å². The van der Waals surface area contributed by atoms with E-state index in [0.717, 1.165) is 10.5 Å². The van der Waals surface area contributed by atoms with Gasteiger partial charge in [-0.1, -0.05) is 43.2 Å². The number of nitrogens with one attached hydrogen (secondary N) is 5.